The Morgan fingerprint density at radius 2 is 1.89 bits per heavy atom. The molecule has 0 aliphatic heterocycles. The molecule has 0 fully saturated rings. The van der Waals surface area contributed by atoms with Crippen molar-refractivity contribution in [2.24, 2.45) is 11.8 Å². The van der Waals surface area contributed by atoms with Crippen LogP contribution in [0.1, 0.15) is 19.4 Å². The molecule has 0 saturated carbocycles. The Labute approximate surface area is 107 Å². The highest BCUT2D eigenvalue weighted by Crippen LogP contribution is 2.25. The minimum atomic E-state index is -0.513. The lowest BCUT2D eigenvalue weighted by Gasteiger charge is -2.21. The second kappa shape index (κ2) is 6.69. The average Bonchev–Trinajstić information content (AvgIpc) is 2.32. The Morgan fingerprint density at radius 1 is 1.22 bits per heavy atom. The van der Waals surface area contributed by atoms with Crippen LogP contribution in [0.5, 0.6) is 5.75 Å². The zero-order valence-corrected chi connectivity index (χ0v) is 11.4. The summed E-state index contributed by atoms with van der Waals surface area (Å²) in [5, 5.41) is 3.09. The molecule has 1 unspecified atom stereocenters. The first kappa shape index (κ1) is 14.9. The molecule has 18 heavy (non-hydrogen) atoms. The van der Waals surface area contributed by atoms with Crippen LogP contribution in [0.15, 0.2) is 12.1 Å². The second-order valence-corrected chi connectivity index (χ2v) is 4.84. The third kappa shape index (κ3) is 3.67. The van der Waals surface area contributed by atoms with Crippen LogP contribution in [0.3, 0.4) is 0 Å². The summed E-state index contributed by atoms with van der Waals surface area (Å²) in [6.07, 6.45) is 0.519. The van der Waals surface area contributed by atoms with Crippen LogP contribution in [0.25, 0.3) is 0 Å². The van der Waals surface area contributed by atoms with Gasteiger partial charge in [-0.05, 0) is 43.5 Å². The van der Waals surface area contributed by atoms with E-state index in [1.807, 2.05) is 7.05 Å². The second-order valence-electron chi connectivity index (χ2n) is 4.84. The molecule has 4 heteroatoms. The van der Waals surface area contributed by atoms with E-state index in [2.05, 4.69) is 19.2 Å². The van der Waals surface area contributed by atoms with E-state index in [0.717, 1.165) is 12.6 Å². The smallest absolute Gasteiger partial charge is 0.165 e. The summed E-state index contributed by atoms with van der Waals surface area (Å²) in [7, 11) is 3.19. The zero-order chi connectivity index (χ0) is 13.7. The summed E-state index contributed by atoms with van der Waals surface area (Å²) < 4.78 is 32.1. The van der Waals surface area contributed by atoms with Crippen LogP contribution in [0.4, 0.5) is 8.78 Å². The number of rotatable bonds is 6. The predicted molar refractivity (Wildman–Crippen MR) is 68.9 cm³/mol. The fourth-order valence-corrected chi connectivity index (χ4v) is 1.97. The van der Waals surface area contributed by atoms with E-state index < -0.39 is 11.6 Å². The van der Waals surface area contributed by atoms with E-state index in [-0.39, 0.29) is 11.7 Å². The van der Waals surface area contributed by atoms with Crippen LogP contribution in [0.2, 0.25) is 0 Å². The van der Waals surface area contributed by atoms with Crippen molar-refractivity contribution in [3.05, 3.63) is 29.3 Å². The van der Waals surface area contributed by atoms with Gasteiger partial charge in [0, 0.05) is 6.07 Å². The molecule has 0 saturated heterocycles. The van der Waals surface area contributed by atoms with Crippen molar-refractivity contribution in [2.75, 3.05) is 20.7 Å². The van der Waals surface area contributed by atoms with Crippen molar-refractivity contribution in [3.63, 3.8) is 0 Å². The van der Waals surface area contributed by atoms with Gasteiger partial charge in [0.05, 0.1) is 7.11 Å². The van der Waals surface area contributed by atoms with Gasteiger partial charge >= 0.3 is 0 Å². The first-order chi connectivity index (χ1) is 8.49. The normalized spacial score (nSPS) is 12.8. The first-order valence-electron chi connectivity index (χ1n) is 6.16. The maximum atomic E-state index is 13.8. The largest absolute Gasteiger partial charge is 0.494 e. The molecule has 2 nitrogen and oxygen atoms in total. The molecule has 1 aromatic carbocycles. The van der Waals surface area contributed by atoms with Gasteiger partial charge in [0.15, 0.2) is 11.6 Å². The summed E-state index contributed by atoms with van der Waals surface area (Å²) in [5.41, 5.74) is 0.405. The SMILES string of the molecule is CNCC(Cc1cc(F)c(OC)cc1F)C(C)C. The van der Waals surface area contributed by atoms with Gasteiger partial charge in [-0.15, -0.1) is 0 Å². The standard InChI is InChI=1S/C14H21F2NO/c1-9(2)11(8-17-3)5-10-6-13(16)14(18-4)7-12(10)15/h6-7,9,11,17H,5,8H2,1-4H3. The van der Waals surface area contributed by atoms with Gasteiger partial charge in [0.2, 0.25) is 0 Å². The number of halogens is 2. The summed E-state index contributed by atoms with van der Waals surface area (Å²) >= 11 is 0. The minimum Gasteiger partial charge on any atom is -0.494 e. The van der Waals surface area contributed by atoms with Gasteiger partial charge in [-0.2, -0.15) is 0 Å². The lowest BCUT2D eigenvalue weighted by atomic mass is 9.89. The van der Waals surface area contributed by atoms with E-state index in [4.69, 9.17) is 4.74 Å². The van der Waals surface area contributed by atoms with Crippen LogP contribution < -0.4 is 10.1 Å². The van der Waals surface area contributed by atoms with Crippen molar-refractivity contribution in [1.82, 2.24) is 5.32 Å². The lowest BCUT2D eigenvalue weighted by molar-refractivity contribution is 0.360. The highest BCUT2D eigenvalue weighted by molar-refractivity contribution is 5.31. The topological polar surface area (TPSA) is 21.3 Å². The molecule has 0 radical (unpaired) electrons. The molecule has 0 amide bonds. The van der Waals surface area contributed by atoms with Crippen LogP contribution in [0, 0.1) is 23.5 Å². The number of hydrogen-bond acceptors (Lipinski definition) is 2. The van der Waals surface area contributed by atoms with Gasteiger partial charge in [0.25, 0.3) is 0 Å². The molecule has 102 valence electrons. The Kier molecular flexibility index (Phi) is 5.54. The molecule has 1 aromatic rings. The Morgan fingerprint density at radius 3 is 2.39 bits per heavy atom. The summed E-state index contributed by atoms with van der Waals surface area (Å²) in [5.74, 6) is -0.291. The highest BCUT2D eigenvalue weighted by Gasteiger charge is 2.17. The Bertz CT molecular complexity index is 394. The molecule has 0 bridgehead atoms. The monoisotopic (exact) mass is 257 g/mol. The van der Waals surface area contributed by atoms with E-state index in [9.17, 15) is 8.78 Å². The maximum Gasteiger partial charge on any atom is 0.165 e. The van der Waals surface area contributed by atoms with Crippen LogP contribution in [-0.2, 0) is 6.42 Å². The number of ether oxygens (including phenoxy) is 1. The average molecular weight is 257 g/mol. The minimum absolute atomic E-state index is 0.0500. The van der Waals surface area contributed by atoms with E-state index in [0.29, 0.717) is 17.9 Å². The molecule has 0 spiro atoms. The van der Waals surface area contributed by atoms with E-state index >= 15 is 0 Å². The van der Waals surface area contributed by atoms with E-state index in [1.54, 1.807) is 0 Å². The summed E-state index contributed by atoms with van der Waals surface area (Å²) in [4.78, 5) is 0. The third-order valence-electron chi connectivity index (χ3n) is 3.21. The van der Waals surface area contributed by atoms with Crippen molar-refractivity contribution < 1.29 is 13.5 Å². The Balaban J connectivity index is 2.92. The molecule has 1 N–H and O–H groups in total. The molecular weight excluding hydrogens is 236 g/mol. The van der Waals surface area contributed by atoms with Gasteiger partial charge in [-0.1, -0.05) is 13.8 Å². The van der Waals surface area contributed by atoms with Gasteiger partial charge in [0.1, 0.15) is 5.82 Å². The van der Waals surface area contributed by atoms with Crippen LogP contribution in [-0.4, -0.2) is 20.7 Å². The van der Waals surface area contributed by atoms with Crippen molar-refractivity contribution in [1.29, 1.82) is 0 Å². The van der Waals surface area contributed by atoms with Gasteiger partial charge in [-0.3, -0.25) is 0 Å². The highest BCUT2D eigenvalue weighted by atomic mass is 19.1. The molecule has 1 atom stereocenters. The fourth-order valence-electron chi connectivity index (χ4n) is 1.97. The molecule has 0 aliphatic carbocycles. The van der Waals surface area contributed by atoms with Crippen molar-refractivity contribution in [3.8, 4) is 5.75 Å². The van der Waals surface area contributed by atoms with Crippen molar-refractivity contribution in [2.45, 2.75) is 20.3 Å². The predicted octanol–water partition coefficient (Wildman–Crippen LogP) is 3.01. The molecular formula is C14H21F2NO. The van der Waals surface area contributed by atoms with Gasteiger partial charge < -0.3 is 10.1 Å². The fraction of sp³-hybridized carbons (Fsp3) is 0.571. The molecule has 1 rings (SSSR count). The maximum absolute atomic E-state index is 13.8. The number of hydrogen-bond donors (Lipinski definition) is 1. The Hall–Kier alpha value is -1.16. The van der Waals surface area contributed by atoms with Gasteiger partial charge in [-0.25, -0.2) is 8.78 Å². The summed E-state index contributed by atoms with van der Waals surface area (Å²) in [6.45, 7) is 4.95. The quantitative estimate of drug-likeness (QED) is 0.846. The molecule has 0 aromatic heterocycles. The summed E-state index contributed by atoms with van der Waals surface area (Å²) in [6, 6.07) is 2.35. The lowest BCUT2D eigenvalue weighted by Crippen LogP contribution is -2.25. The molecule has 0 heterocycles. The number of methoxy groups -OCH3 is 1. The number of benzene rings is 1. The van der Waals surface area contributed by atoms with Crippen LogP contribution >= 0.6 is 0 Å². The molecule has 0 aliphatic rings. The third-order valence-corrected chi connectivity index (χ3v) is 3.21. The van der Waals surface area contributed by atoms with E-state index in [1.165, 1.54) is 13.2 Å². The van der Waals surface area contributed by atoms with Crippen molar-refractivity contribution >= 4 is 0 Å². The number of nitrogens with one attached hydrogen (secondary N) is 1. The zero-order valence-electron chi connectivity index (χ0n) is 11.4. The first-order valence-corrected chi connectivity index (χ1v) is 6.16.